The molecule has 0 radical (unpaired) electrons. The third kappa shape index (κ3) is 6.03. The van der Waals surface area contributed by atoms with E-state index in [1.54, 1.807) is 0 Å². The van der Waals surface area contributed by atoms with Gasteiger partial charge in [0, 0.05) is 55.9 Å². The smallest absolute Gasteiger partial charge is 0.254 e. The summed E-state index contributed by atoms with van der Waals surface area (Å²) in [4.78, 5) is 26.7. The van der Waals surface area contributed by atoms with E-state index < -0.39 is 17.5 Å². The molecule has 0 aromatic heterocycles. The van der Waals surface area contributed by atoms with Crippen molar-refractivity contribution in [1.29, 1.82) is 0 Å². The molecule has 30 heavy (non-hydrogen) atoms. The summed E-state index contributed by atoms with van der Waals surface area (Å²) >= 11 is 1.97. The van der Waals surface area contributed by atoms with Crippen molar-refractivity contribution < 1.29 is 18.4 Å². The van der Waals surface area contributed by atoms with E-state index >= 15 is 0 Å². The van der Waals surface area contributed by atoms with E-state index in [9.17, 15) is 18.4 Å². The molecule has 3 rings (SSSR count). The molecule has 160 valence electrons. The van der Waals surface area contributed by atoms with Crippen molar-refractivity contribution >= 4 is 29.3 Å². The van der Waals surface area contributed by atoms with Crippen molar-refractivity contribution in [2.45, 2.75) is 19.9 Å². The number of carbonyl (C=O) groups is 2. The second kappa shape index (κ2) is 10.5. The van der Waals surface area contributed by atoms with Crippen LogP contribution in [0.3, 0.4) is 0 Å². The SMILES string of the molecule is Cc1c(CN2CCSCC2)cccc1NC(=O)CCNC(=O)c1ccc(F)cc1F. The van der Waals surface area contributed by atoms with Crippen LogP contribution in [0.5, 0.6) is 0 Å². The zero-order chi connectivity index (χ0) is 21.5. The lowest BCUT2D eigenvalue weighted by atomic mass is 10.1. The third-order valence-electron chi connectivity index (χ3n) is 5.03. The van der Waals surface area contributed by atoms with Gasteiger partial charge in [0.25, 0.3) is 5.91 Å². The highest BCUT2D eigenvalue weighted by Crippen LogP contribution is 2.22. The average molecular weight is 434 g/mol. The van der Waals surface area contributed by atoms with Gasteiger partial charge in [-0.3, -0.25) is 14.5 Å². The van der Waals surface area contributed by atoms with Crippen LogP contribution < -0.4 is 10.6 Å². The molecule has 8 heteroatoms. The van der Waals surface area contributed by atoms with Crippen molar-refractivity contribution in [1.82, 2.24) is 10.2 Å². The second-order valence-corrected chi connectivity index (χ2v) is 8.38. The Bertz CT molecular complexity index is 917. The standard InChI is InChI=1S/C22H25F2N3O2S/c1-15-16(14-27-9-11-30-12-10-27)3-2-4-20(15)26-21(28)7-8-25-22(29)18-6-5-17(23)13-19(18)24/h2-6,13H,7-12,14H2,1H3,(H,25,29)(H,26,28). The van der Waals surface area contributed by atoms with Gasteiger partial charge in [-0.1, -0.05) is 12.1 Å². The Morgan fingerprint density at radius 2 is 1.90 bits per heavy atom. The van der Waals surface area contributed by atoms with E-state index in [2.05, 4.69) is 21.6 Å². The number of rotatable bonds is 7. The summed E-state index contributed by atoms with van der Waals surface area (Å²) < 4.78 is 26.6. The summed E-state index contributed by atoms with van der Waals surface area (Å²) in [7, 11) is 0. The predicted octanol–water partition coefficient (Wildman–Crippen LogP) is 3.58. The lowest BCUT2D eigenvalue weighted by Crippen LogP contribution is -2.32. The first-order valence-corrected chi connectivity index (χ1v) is 11.0. The number of anilines is 1. The quantitative estimate of drug-likeness (QED) is 0.701. The minimum Gasteiger partial charge on any atom is -0.351 e. The summed E-state index contributed by atoms with van der Waals surface area (Å²) in [5.74, 6) is -0.328. The van der Waals surface area contributed by atoms with Crippen molar-refractivity contribution in [2.75, 3.05) is 36.5 Å². The molecular formula is C22H25F2N3O2S. The Hall–Kier alpha value is -2.45. The van der Waals surface area contributed by atoms with Gasteiger partial charge in [-0.2, -0.15) is 11.8 Å². The number of hydrogen-bond donors (Lipinski definition) is 2. The Labute approximate surface area is 179 Å². The number of hydrogen-bond acceptors (Lipinski definition) is 4. The highest BCUT2D eigenvalue weighted by atomic mass is 32.2. The number of benzene rings is 2. The number of halogens is 2. The fourth-order valence-corrected chi connectivity index (χ4v) is 4.24. The van der Waals surface area contributed by atoms with Crippen LogP contribution in [-0.4, -0.2) is 47.9 Å². The van der Waals surface area contributed by atoms with E-state index in [1.165, 1.54) is 5.56 Å². The minimum absolute atomic E-state index is 0.0432. The molecular weight excluding hydrogens is 408 g/mol. The van der Waals surface area contributed by atoms with Gasteiger partial charge in [-0.05, 0) is 36.2 Å². The zero-order valence-corrected chi connectivity index (χ0v) is 17.7. The molecule has 1 saturated heterocycles. The van der Waals surface area contributed by atoms with Gasteiger partial charge in [0.05, 0.1) is 5.56 Å². The summed E-state index contributed by atoms with van der Waals surface area (Å²) in [6.45, 7) is 5.02. The lowest BCUT2D eigenvalue weighted by molar-refractivity contribution is -0.116. The largest absolute Gasteiger partial charge is 0.351 e. The molecule has 2 aromatic carbocycles. The first-order chi connectivity index (χ1) is 14.4. The molecule has 1 aliphatic rings. The van der Waals surface area contributed by atoms with E-state index in [1.807, 2.05) is 30.8 Å². The molecule has 2 aromatic rings. The highest BCUT2D eigenvalue weighted by Gasteiger charge is 2.15. The molecule has 1 fully saturated rings. The monoisotopic (exact) mass is 433 g/mol. The van der Waals surface area contributed by atoms with Crippen molar-refractivity contribution in [2.24, 2.45) is 0 Å². The van der Waals surface area contributed by atoms with Crippen LogP contribution in [-0.2, 0) is 11.3 Å². The fraction of sp³-hybridized carbons (Fsp3) is 0.364. The summed E-state index contributed by atoms with van der Waals surface area (Å²) in [5.41, 5.74) is 2.71. The fourth-order valence-electron chi connectivity index (χ4n) is 3.26. The van der Waals surface area contributed by atoms with E-state index in [4.69, 9.17) is 0 Å². The van der Waals surface area contributed by atoms with Crippen LogP contribution in [0.25, 0.3) is 0 Å². The van der Waals surface area contributed by atoms with Gasteiger partial charge >= 0.3 is 0 Å². The molecule has 5 nitrogen and oxygen atoms in total. The molecule has 2 N–H and O–H groups in total. The maximum atomic E-state index is 13.6. The molecule has 1 aliphatic heterocycles. The molecule has 0 bridgehead atoms. The molecule has 0 spiro atoms. The number of carbonyl (C=O) groups excluding carboxylic acids is 2. The van der Waals surface area contributed by atoms with E-state index in [-0.39, 0.29) is 24.4 Å². The Morgan fingerprint density at radius 3 is 2.63 bits per heavy atom. The Kier molecular flexibility index (Phi) is 7.81. The topological polar surface area (TPSA) is 61.4 Å². The molecule has 0 aliphatic carbocycles. The van der Waals surface area contributed by atoms with E-state index in [0.717, 1.165) is 54.5 Å². The van der Waals surface area contributed by atoms with Crippen LogP contribution >= 0.6 is 11.8 Å². The summed E-state index contributed by atoms with van der Waals surface area (Å²) in [6.07, 6.45) is 0.0432. The molecule has 1 heterocycles. The second-order valence-electron chi connectivity index (χ2n) is 7.16. The van der Waals surface area contributed by atoms with Crippen molar-refractivity contribution in [3.63, 3.8) is 0 Å². The zero-order valence-electron chi connectivity index (χ0n) is 16.8. The summed E-state index contributed by atoms with van der Waals surface area (Å²) in [5, 5.41) is 5.37. The van der Waals surface area contributed by atoms with Crippen molar-refractivity contribution in [3.05, 3.63) is 64.7 Å². The third-order valence-corrected chi connectivity index (χ3v) is 5.97. The van der Waals surface area contributed by atoms with Crippen LogP contribution in [0.2, 0.25) is 0 Å². The lowest BCUT2D eigenvalue weighted by Gasteiger charge is -2.27. The van der Waals surface area contributed by atoms with Crippen LogP contribution in [0, 0.1) is 18.6 Å². The Morgan fingerprint density at radius 1 is 1.13 bits per heavy atom. The highest BCUT2D eigenvalue weighted by molar-refractivity contribution is 7.99. The van der Waals surface area contributed by atoms with Crippen LogP contribution in [0.1, 0.15) is 27.9 Å². The number of amides is 2. The molecule has 0 atom stereocenters. The molecule has 0 saturated carbocycles. The maximum Gasteiger partial charge on any atom is 0.254 e. The number of nitrogens with zero attached hydrogens (tertiary/aromatic N) is 1. The van der Waals surface area contributed by atoms with Gasteiger partial charge in [0.1, 0.15) is 11.6 Å². The number of thioether (sulfide) groups is 1. The van der Waals surface area contributed by atoms with Gasteiger partial charge in [-0.25, -0.2) is 8.78 Å². The van der Waals surface area contributed by atoms with Crippen molar-refractivity contribution in [3.8, 4) is 0 Å². The normalized spacial score (nSPS) is 14.4. The summed E-state index contributed by atoms with van der Waals surface area (Å²) in [6, 6.07) is 8.61. The minimum atomic E-state index is -0.934. The van der Waals surface area contributed by atoms with Crippen LogP contribution in [0.15, 0.2) is 36.4 Å². The Balaban J connectivity index is 1.51. The maximum absolute atomic E-state index is 13.6. The van der Waals surface area contributed by atoms with E-state index in [0.29, 0.717) is 6.07 Å². The van der Waals surface area contributed by atoms with Gasteiger partial charge in [0.2, 0.25) is 5.91 Å². The average Bonchev–Trinajstić information content (AvgIpc) is 2.71. The first-order valence-electron chi connectivity index (χ1n) is 9.85. The van der Waals surface area contributed by atoms with Crippen LogP contribution in [0.4, 0.5) is 14.5 Å². The first kappa shape index (κ1) is 22.2. The van der Waals surface area contributed by atoms with Gasteiger partial charge < -0.3 is 10.6 Å². The van der Waals surface area contributed by atoms with Gasteiger partial charge in [0.15, 0.2) is 0 Å². The number of nitrogens with one attached hydrogen (secondary N) is 2. The predicted molar refractivity (Wildman–Crippen MR) is 116 cm³/mol. The molecule has 0 unspecified atom stereocenters. The molecule has 2 amide bonds. The van der Waals surface area contributed by atoms with Gasteiger partial charge in [-0.15, -0.1) is 0 Å².